The number of Topliss-reactive ketones (excluding diaryl/α,β-unsaturated/α-hetero) is 1. The summed E-state index contributed by atoms with van der Waals surface area (Å²) in [4.78, 5) is 11.8. The van der Waals surface area contributed by atoms with Crippen LogP contribution in [0.15, 0.2) is 12.4 Å². The number of carbonyl (C=O) groups is 1. The minimum Gasteiger partial charge on any atom is -0.314 e. The third-order valence-electron chi connectivity index (χ3n) is 3.05. The maximum absolute atomic E-state index is 11.8. The van der Waals surface area contributed by atoms with E-state index in [-0.39, 0.29) is 0 Å². The molecule has 2 heterocycles. The molecule has 4 heteroatoms. The Labute approximate surface area is 96.0 Å². The van der Waals surface area contributed by atoms with Gasteiger partial charge in [0.15, 0.2) is 0 Å². The van der Waals surface area contributed by atoms with Crippen LogP contribution in [-0.4, -0.2) is 28.2 Å². The number of nitrogens with one attached hydrogen (secondary N) is 1. The molecule has 1 atom stereocenters. The summed E-state index contributed by atoms with van der Waals surface area (Å²) in [6, 6.07) is 0.411. The Morgan fingerprint density at radius 3 is 3.19 bits per heavy atom. The quantitative estimate of drug-likeness (QED) is 0.811. The van der Waals surface area contributed by atoms with Gasteiger partial charge in [0.2, 0.25) is 0 Å². The van der Waals surface area contributed by atoms with Gasteiger partial charge in [0.1, 0.15) is 5.78 Å². The highest BCUT2D eigenvalue weighted by atomic mass is 16.1. The van der Waals surface area contributed by atoms with Crippen molar-refractivity contribution in [2.45, 2.75) is 45.2 Å². The zero-order valence-corrected chi connectivity index (χ0v) is 9.78. The Morgan fingerprint density at radius 1 is 1.69 bits per heavy atom. The molecule has 1 aromatic rings. The third-order valence-corrected chi connectivity index (χ3v) is 3.05. The molecule has 0 saturated carbocycles. The minimum absolute atomic E-state index is 0.315. The Kier molecular flexibility index (Phi) is 3.72. The first-order valence-corrected chi connectivity index (χ1v) is 6.04. The Balaban J connectivity index is 1.81. The van der Waals surface area contributed by atoms with E-state index in [1.54, 1.807) is 6.20 Å². The highest BCUT2D eigenvalue weighted by Crippen LogP contribution is 2.11. The Morgan fingerprint density at radius 2 is 2.56 bits per heavy atom. The van der Waals surface area contributed by atoms with Gasteiger partial charge >= 0.3 is 0 Å². The van der Waals surface area contributed by atoms with Gasteiger partial charge in [0, 0.05) is 31.6 Å². The highest BCUT2D eigenvalue weighted by Gasteiger charge is 2.17. The molecule has 2 rings (SSSR count). The third kappa shape index (κ3) is 2.92. The predicted octanol–water partition coefficient (Wildman–Crippen LogP) is 1.16. The van der Waals surface area contributed by atoms with Crippen LogP contribution in [0.3, 0.4) is 0 Å². The van der Waals surface area contributed by atoms with E-state index in [4.69, 9.17) is 0 Å². The lowest BCUT2D eigenvalue weighted by Gasteiger charge is -2.07. The second kappa shape index (κ2) is 5.25. The Bertz CT molecular complexity index is 353. The molecule has 0 radical (unpaired) electrons. The van der Waals surface area contributed by atoms with Crippen LogP contribution in [0.5, 0.6) is 0 Å². The number of rotatable bonds is 5. The highest BCUT2D eigenvalue weighted by molar-refractivity contribution is 5.81. The number of aryl methyl sites for hydroxylation is 1. The number of hydrogen-bond acceptors (Lipinski definition) is 3. The lowest BCUT2D eigenvalue weighted by Crippen LogP contribution is -2.25. The largest absolute Gasteiger partial charge is 0.314 e. The average Bonchev–Trinajstić information content (AvgIpc) is 2.89. The fourth-order valence-corrected chi connectivity index (χ4v) is 2.18. The van der Waals surface area contributed by atoms with E-state index >= 15 is 0 Å². The topological polar surface area (TPSA) is 46.9 Å². The first kappa shape index (κ1) is 11.3. The van der Waals surface area contributed by atoms with Crippen molar-refractivity contribution < 1.29 is 4.79 Å². The van der Waals surface area contributed by atoms with E-state index in [9.17, 15) is 4.79 Å². The second-order valence-electron chi connectivity index (χ2n) is 4.42. The SMILES string of the molecule is CCn1cc(CC(=O)CC2CCCN2)cn1. The van der Waals surface area contributed by atoms with Crippen LogP contribution in [0.25, 0.3) is 0 Å². The van der Waals surface area contributed by atoms with E-state index in [0.717, 1.165) is 25.1 Å². The molecule has 0 aromatic carbocycles. The van der Waals surface area contributed by atoms with E-state index in [2.05, 4.69) is 10.4 Å². The molecule has 1 aromatic heterocycles. The molecule has 4 nitrogen and oxygen atoms in total. The average molecular weight is 221 g/mol. The van der Waals surface area contributed by atoms with Crippen LogP contribution in [0.1, 0.15) is 31.7 Å². The van der Waals surface area contributed by atoms with Crippen molar-refractivity contribution in [3.8, 4) is 0 Å². The number of aromatic nitrogens is 2. The van der Waals surface area contributed by atoms with Crippen molar-refractivity contribution in [1.82, 2.24) is 15.1 Å². The number of carbonyl (C=O) groups excluding carboxylic acids is 1. The lowest BCUT2D eigenvalue weighted by molar-refractivity contribution is -0.118. The second-order valence-corrected chi connectivity index (χ2v) is 4.42. The summed E-state index contributed by atoms with van der Waals surface area (Å²) < 4.78 is 1.86. The summed E-state index contributed by atoms with van der Waals surface area (Å²) in [7, 11) is 0. The van der Waals surface area contributed by atoms with Gasteiger partial charge in [-0.1, -0.05) is 0 Å². The van der Waals surface area contributed by atoms with Gasteiger partial charge in [0.25, 0.3) is 0 Å². The van der Waals surface area contributed by atoms with Crippen LogP contribution in [0.2, 0.25) is 0 Å². The first-order valence-electron chi connectivity index (χ1n) is 6.04. The van der Waals surface area contributed by atoms with Gasteiger partial charge in [-0.25, -0.2) is 0 Å². The van der Waals surface area contributed by atoms with Crippen LogP contribution in [-0.2, 0) is 17.8 Å². The van der Waals surface area contributed by atoms with Gasteiger partial charge in [-0.15, -0.1) is 0 Å². The summed E-state index contributed by atoms with van der Waals surface area (Å²) in [6.07, 6.45) is 7.28. The number of hydrogen-bond donors (Lipinski definition) is 1. The molecule has 1 fully saturated rings. The van der Waals surface area contributed by atoms with E-state index in [1.165, 1.54) is 6.42 Å². The van der Waals surface area contributed by atoms with Crippen molar-refractivity contribution in [2.75, 3.05) is 6.54 Å². The van der Waals surface area contributed by atoms with Crippen LogP contribution < -0.4 is 5.32 Å². The van der Waals surface area contributed by atoms with E-state index in [1.807, 2.05) is 17.8 Å². The number of nitrogens with zero attached hydrogens (tertiary/aromatic N) is 2. The minimum atomic E-state index is 0.315. The Hall–Kier alpha value is -1.16. The van der Waals surface area contributed by atoms with Crippen LogP contribution >= 0.6 is 0 Å². The molecule has 1 aliphatic heterocycles. The zero-order valence-electron chi connectivity index (χ0n) is 9.78. The van der Waals surface area contributed by atoms with Gasteiger partial charge in [-0.05, 0) is 31.9 Å². The van der Waals surface area contributed by atoms with Gasteiger partial charge in [-0.3, -0.25) is 9.48 Å². The van der Waals surface area contributed by atoms with Crippen LogP contribution in [0.4, 0.5) is 0 Å². The molecule has 0 bridgehead atoms. The van der Waals surface area contributed by atoms with Gasteiger partial charge in [-0.2, -0.15) is 5.10 Å². The maximum Gasteiger partial charge on any atom is 0.138 e. The molecular formula is C12H19N3O. The fourth-order valence-electron chi connectivity index (χ4n) is 2.18. The lowest BCUT2D eigenvalue weighted by atomic mass is 10.0. The normalized spacial score (nSPS) is 20.2. The van der Waals surface area contributed by atoms with E-state index in [0.29, 0.717) is 24.7 Å². The van der Waals surface area contributed by atoms with Gasteiger partial charge in [0.05, 0.1) is 6.20 Å². The molecule has 0 amide bonds. The maximum atomic E-state index is 11.8. The molecule has 1 aliphatic rings. The van der Waals surface area contributed by atoms with Crippen molar-refractivity contribution in [2.24, 2.45) is 0 Å². The van der Waals surface area contributed by atoms with Crippen LogP contribution in [0, 0.1) is 0 Å². The predicted molar refractivity (Wildman–Crippen MR) is 62.3 cm³/mol. The summed E-state index contributed by atoms with van der Waals surface area (Å²) in [5.41, 5.74) is 1.03. The smallest absolute Gasteiger partial charge is 0.138 e. The van der Waals surface area contributed by atoms with Gasteiger partial charge < -0.3 is 5.32 Å². The van der Waals surface area contributed by atoms with Crippen molar-refractivity contribution in [1.29, 1.82) is 0 Å². The summed E-state index contributed by atoms with van der Waals surface area (Å²) in [5, 5.41) is 7.52. The van der Waals surface area contributed by atoms with Crippen molar-refractivity contribution in [3.05, 3.63) is 18.0 Å². The molecule has 0 spiro atoms. The molecule has 16 heavy (non-hydrogen) atoms. The van der Waals surface area contributed by atoms with E-state index < -0.39 is 0 Å². The molecule has 1 N–H and O–H groups in total. The molecule has 88 valence electrons. The molecule has 1 unspecified atom stereocenters. The first-order chi connectivity index (χ1) is 7.78. The summed E-state index contributed by atoms with van der Waals surface area (Å²) >= 11 is 0. The standard InChI is InChI=1S/C12H19N3O/c1-2-15-9-10(8-14-15)6-12(16)7-11-4-3-5-13-11/h8-9,11,13H,2-7H2,1H3. The zero-order chi connectivity index (χ0) is 11.4. The molecule has 1 saturated heterocycles. The fraction of sp³-hybridized carbons (Fsp3) is 0.667. The summed E-state index contributed by atoms with van der Waals surface area (Å²) in [6.45, 7) is 3.96. The van der Waals surface area contributed by atoms with Crippen molar-refractivity contribution >= 4 is 5.78 Å². The number of ketones is 1. The van der Waals surface area contributed by atoms with Crippen molar-refractivity contribution in [3.63, 3.8) is 0 Å². The molecule has 0 aliphatic carbocycles. The monoisotopic (exact) mass is 221 g/mol. The molecular weight excluding hydrogens is 202 g/mol. The summed E-state index contributed by atoms with van der Waals surface area (Å²) in [5.74, 6) is 0.315.